The highest BCUT2D eigenvalue weighted by atomic mass is 16.5. The number of carbonyl (C=O) groups excluding carboxylic acids is 1. The van der Waals surface area contributed by atoms with E-state index in [0.29, 0.717) is 17.4 Å². The number of piperidine rings is 1. The highest BCUT2D eigenvalue weighted by Gasteiger charge is 2.36. The van der Waals surface area contributed by atoms with Crippen LogP contribution in [0, 0.1) is 5.92 Å². The largest absolute Gasteiger partial charge is 0.493 e. The number of pyridine rings is 1. The van der Waals surface area contributed by atoms with Gasteiger partial charge in [-0.1, -0.05) is 6.07 Å². The average Bonchev–Trinajstić information content (AvgIpc) is 2.79. The van der Waals surface area contributed by atoms with Gasteiger partial charge in [0.15, 0.2) is 11.5 Å². The standard InChI is InChI=1S/C23H32N4O3/c1-17(28)27-23(19-9-13-25-14-10-19,26-15-8-18-6-11-24-12-7-18)20-4-5-21(29-2)22(16-20)30-3/h4-5,9-10,13-14,16,18,24,26H,6-8,11-12,15H2,1-3H3,(H,27,28). The molecular weight excluding hydrogens is 380 g/mol. The molecule has 3 rings (SSSR count). The number of benzene rings is 1. The molecule has 0 radical (unpaired) electrons. The van der Waals surface area contributed by atoms with Crippen LogP contribution in [0.1, 0.15) is 37.3 Å². The molecule has 1 aliphatic rings. The molecule has 3 N–H and O–H groups in total. The van der Waals surface area contributed by atoms with Crippen LogP contribution in [0.2, 0.25) is 0 Å². The van der Waals surface area contributed by atoms with Gasteiger partial charge >= 0.3 is 0 Å². The summed E-state index contributed by atoms with van der Waals surface area (Å²) in [5.74, 6) is 1.80. The van der Waals surface area contributed by atoms with Crippen molar-refractivity contribution in [1.82, 2.24) is 20.9 Å². The zero-order valence-electron chi connectivity index (χ0n) is 18.0. The minimum absolute atomic E-state index is 0.129. The van der Waals surface area contributed by atoms with Gasteiger partial charge in [0.05, 0.1) is 14.2 Å². The van der Waals surface area contributed by atoms with Crippen molar-refractivity contribution in [2.45, 2.75) is 31.8 Å². The van der Waals surface area contributed by atoms with Crippen molar-refractivity contribution in [2.24, 2.45) is 5.92 Å². The molecule has 2 heterocycles. The molecule has 1 amide bonds. The van der Waals surface area contributed by atoms with Crippen LogP contribution in [0.25, 0.3) is 0 Å². The van der Waals surface area contributed by atoms with Gasteiger partial charge in [0.2, 0.25) is 5.91 Å². The first-order valence-corrected chi connectivity index (χ1v) is 10.5. The quantitative estimate of drug-likeness (QED) is 0.549. The van der Waals surface area contributed by atoms with Crippen LogP contribution in [0.3, 0.4) is 0 Å². The molecule has 1 fully saturated rings. The zero-order chi connectivity index (χ0) is 21.4. The smallest absolute Gasteiger partial charge is 0.218 e. The second-order valence-electron chi connectivity index (χ2n) is 7.65. The van der Waals surface area contributed by atoms with Gasteiger partial charge in [0.25, 0.3) is 0 Å². The second-order valence-corrected chi connectivity index (χ2v) is 7.65. The summed E-state index contributed by atoms with van der Waals surface area (Å²) >= 11 is 0. The van der Waals surface area contributed by atoms with Gasteiger partial charge in [-0.15, -0.1) is 0 Å². The van der Waals surface area contributed by atoms with Crippen molar-refractivity contribution < 1.29 is 14.3 Å². The lowest BCUT2D eigenvalue weighted by Gasteiger charge is -2.37. The Kier molecular flexibility index (Phi) is 7.65. The van der Waals surface area contributed by atoms with Gasteiger partial charge in [-0.05, 0) is 74.6 Å². The van der Waals surface area contributed by atoms with E-state index in [1.54, 1.807) is 26.6 Å². The third kappa shape index (κ3) is 5.09. The molecule has 1 saturated heterocycles. The molecule has 30 heavy (non-hydrogen) atoms. The molecule has 0 aliphatic carbocycles. The molecule has 1 unspecified atom stereocenters. The number of methoxy groups -OCH3 is 2. The van der Waals surface area contributed by atoms with Crippen molar-refractivity contribution >= 4 is 5.91 Å². The number of rotatable bonds is 9. The SMILES string of the molecule is COc1ccc(C(NCCC2CCNCC2)(NC(C)=O)c2ccncc2)cc1OC. The predicted octanol–water partition coefficient (Wildman–Crippen LogP) is 2.42. The summed E-state index contributed by atoms with van der Waals surface area (Å²) in [7, 11) is 3.22. The van der Waals surface area contributed by atoms with Gasteiger partial charge in [0, 0.05) is 24.9 Å². The number of nitrogens with zero attached hydrogens (tertiary/aromatic N) is 1. The first-order chi connectivity index (χ1) is 14.6. The lowest BCUT2D eigenvalue weighted by molar-refractivity contribution is -0.120. The Morgan fingerprint density at radius 3 is 2.43 bits per heavy atom. The van der Waals surface area contributed by atoms with Crippen molar-refractivity contribution in [1.29, 1.82) is 0 Å². The Bertz CT molecular complexity index is 824. The highest BCUT2D eigenvalue weighted by Crippen LogP contribution is 2.34. The minimum atomic E-state index is -0.902. The molecule has 1 aromatic heterocycles. The van der Waals surface area contributed by atoms with Crippen LogP contribution < -0.4 is 25.4 Å². The first-order valence-electron chi connectivity index (χ1n) is 10.5. The Morgan fingerprint density at radius 2 is 1.80 bits per heavy atom. The average molecular weight is 413 g/mol. The van der Waals surface area contributed by atoms with Crippen molar-refractivity contribution in [2.75, 3.05) is 33.9 Å². The number of hydrogen-bond donors (Lipinski definition) is 3. The number of hydrogen-bond acceptors (Lipinski definition) is 6. The summed E-state index contributed by atoms with van der Waals surface area (Å²) in [4.78, 5) is 16.5. The molecule has 1 aromatic carbocycles. The second kappa shape index (κ2) is 10.4. The van der Waals surface area contributed by atoms with Crippen molar-refractivity contribution in [3.63, 3.8) is 0 Å². The van der Waals surface area contributed by atoms with E-state index < -0.39 is 5.66 Å². The molecule has 0 bridgehead atoms. The number of carbonyl (C=O) groups is 1. The summed E-state index contributed by atoms with van der Waals surface area (Å²) < 4.78 is 10.9. The third-order valence-electron chi connectivity index (χ3n) is 5.69. The molecule has 7 heteroatoms. The van der Waals surface area contributed by atoms with Crippen molar-refractivity contribution in [3.05, 3.63) is 53.9 Å². The molecule has 0 saturated carbocycles. The van der Waals surface area contributed by atoms with E-state index in [4.69, 9.17) is 9.47 Å². The van der Waals surface area contributed by atoms with Crippen LogP contribution in [-0.2, 0) is 10.5 Å². The number of nitrogens with one attached hydrogen (secondary N) is 3. The predicted molar refractivity (Wildman–Crippen MR) is 117 cm³/mol. The first kappa shape index (κ1) is 22.1. The fourth-order valence-electron chi connectivity index (χ4n) is 4.13. The van der Waals surface area contributed by atoms with Crippen LogP contribution in [0.4, 0.5) is 0 Å². The van der Waals surface area contributed by atoms with E-state index in [-0.39, 0.29) is 5.91 Å². The normalized spacial score (nSPS) is 16.5. The zero-order valence-corrected chi connectivity index (χ0v) is 18.0. The molecule has 162 valence electrons. The summed E-state index contributed by atoms with van der Waals surface area (Å²) in [5.41, 5.74) is 0.874. The fourth-order valence-corrected chi connectivity index (χ4v) is 4.13. The molecule has 1 atom stereocenters. The maximum absolute atomic E-state index is 12.3. The molecule has 0 spiro atoms. The highest BCUT2D eigenvalue weighted by molar-refractivity contribution is 5.75. The molecule has 2 aromatic rings. The third-order valence-corrected chi connectivity index (χ3v) is 5.69. The van der Waals surface area contributed by atoms with E-state index >= 15 is 0 Å². The number of aromatic nitrogens is 1. The Labute approximate surface area is 178 Å². The summed E-state index contributed by atoms with van der Waals surface area (Å²) in [6.07, 6.45) is 6.88. The summed E-state index contributed by atoms with van der Waals surface area (Å²) in [5, 5.41) is 10.2. The van der Waals surface area contributed by atoms with Gasteiger partial charge < -0.3 is 20.1 Å². The van der Waals surface area contributed by atoms with Crippen LogP contribution in [0.15, 0.2) is 42.7 Å². The maximum Gasteiger partial charge on any atom is 0.218 e. The Morgan fingerprint density at radius 1 is 1.10 bits per heavy atom. The molecular formula is C23H32N4O3. The number of ether oxygens (including phenoxy) is 2. The lowest BCUT2D eigenvalue weighted by Crippen LogP contribution is -2.57. The lowest BCUT2D eigenvalue weighted by atomic mass is 9.89. The number of amides is 1. The fraction of sp³-hybridized carbons (Fsp3) is 0.478. The van der Waals surface area contributed by atoms with Crippen LogP contribution >= 0.6 is 0 Å². The van der Waals surface area contributed by atoms with Gasteiger partial charge in [0.1, 0.15) is 5.66 Å². The topological polar surface area (TPSA) is 84.5 Å². The summed E-state index contributed by atoms with van der Waals surface area (Å²) in [6.45, 7) is 4.44. The monoisotopic (exact) mass is 412 g/mol. The van der Waals surface area contributed by atoms with E-state index in [0.717, 1.165) is 37.2 Å². The Balaban J connectivity index is 1.98. The van der Waals surface area contributed by atoms with Crippen LogP contribution in [0.5, 0.6) is 11.5 Å². The van der Waals surface area contributed by atoms with E-state index in [2.05, 4.69) is 20.9 Å². The maximum atomic E-state index is 12.3. The Hall–Kier alpha value is -2.64. The summed E-state index contributed by atoms with van der Waals surface area (Å²) in [6, 6.07) is 9.57. The van der Waals surface area contributed by atoms with E-state index in [9.17, 15) is 4.79 Å². The van der Waals surface area contributed by atoms with Crippen molar-refractivity contribution in [3.8, 4) is 11.5 Å². The van der Waals surface area contributed by atoms with E-state index in [1.165, 1.54) is 19.8 Å². The van der Waals surface area contributed by atoms with Gasteiger partial charge in [-0.3, -0.25) is 15.1 Å². The van der Waals surface area contributed by atoms with Gasteiger partial charge in [-0.25, -0.2) is 0 Å². The van der Waals surface area contributed by atoms with E-state index in [1.807, 2.05) is 30.3 Å². The molecule has 7 nitrogen and oxygen atoms in total. The molecule has 1 aliphatic heterocycles. The van der Waals surface area contributed by atoms with Gasteiger partial charge in [-0.2, -0.15) is 0 Å². The minimum Gasteiger partial charge on any atom is -0.493 e. The van der Waals surface area contributed by atoms with Crippen LogP contribution in [-0.4, -0.2) is 44.7 Å².